The van der Waals surface area contributed by atoms with Crippen LogP contribution in [0.1, 0.15) is 0 Å². The fourth-order valence-corrected chi connectivity index (χ4v) is 2.92. The van der Waals surface area contributed by atoms with E-state index in [0.717, 1.165) is 18.2 Å². The molecule has 0 atom stereocenters. The quantitative estimate of drug-likeness (QED) is 0.656. The third-order valence-corrected chi connectivity index (χ3v) is 4.44. The van der Waals surface area contributed by atoms with Crippen LogP contribution in [0.5, 0.6) is 0 Å². The number of nitrogens with one attached hydrogen (secondary N) is 1. The van der Waals surface area contributed by atoms with Crippen molar-refractivity contribution in [3.05, 3.63) is 62.9 Å². The maximum atomic E-state index is 13.7. The van der Waals surface area contributed by atoms with E-state index in [1.165, 1.54) is 24.3 Å². The van der Waals surface area contributed by atoms with Crippen LogP contribution in [-0.2, 0) is 10.0 Å². The molecule has 1 N–H and O–H groups in total. The molecule has 2 aromatic carbocycles. The van der Waals surface area contributed by atoms with Crippen molar-refractivity contribution in [1.82, 2.24) is 0 Å². The Bertz CT molecular complexity index is 793. The highest BCUT2D eigenvalue weighted by Gasteiger charge is 2.23. The van der Waals surface area contributed by atoms with Gasteiger partial charge in [0.1, 0.15) is 0 Å². The number of rotatable bonds is 4. The highest BCUT2D eigenvalue weighted by Crippen LogP contribution is 2.29. The number of anilines is 1. The molecule has 0 amide bonds. The first-order chi connectivity index (χ1) is 9.81. The van der Waals surface area contributed by atoms with E-state index in [1.54, 1.807) is 0 Å². The van der Waals surface area contributed by atoms with Gasteiger partial charge < -0.3 is 0 Å². The van der Waals surface area contributed by atoms with E-state index in [2.05, 4.69) is 15.9 Å². The van der Waals surface area contributed by atoms with Gasteiger partial charge >= 0.3 is 0 Å². The SMILES string of the molecule is O=[N+]([O-])c1cccc(F)c1NS(=O)(=O)c1ccc(Br)cc1. The molecule has 6 nitrogen and oxygen atoms in total. The summed E-state index contributed by atoms with van der Waals surface area (Å²) in [5.41, 5.74) is -1.35. The van der Waals surface area contributed by atoms with Crippen LogP contribution in [0, 0.1) is 15.9 Å². The van der Waals surface area contributed by atoms with E-state index in [4.69, 9.17) is 0 Å². The monoisotopic (exact) mass is 374 g/mol. The number of halogens is 2. The molecule has 0 spiro atoms. The van der Waals surface area contributed by atoms with Gasteiger partial charge in [-0.1, -0.05) is 22.0 Å². The predicted octanol–water partition coefficient (Wildman–Crippen LogP) is 3.30. The van der Waals surface area contributed by atoms with Crippen LogP contribution in [0.25, 0.3) is 0 Å². The molecule has 0 aliphatic heterocycles. The van der Waals surface area contributed by atoms with Gasteiger partial charge in [0, 0.05) is 10.5 Å². The molecule has 0 fully saturated rings. The van der Waals surface area contributed by atoms with Crippen molar-refractivity contribution in [3.63, 3.8) is 0 Å². The fraction of sp³-hybridized carbons (Fsp3) is 0. The molecule has 0 saturated heterocycles. The van der Waals surface area contributed by atoms with Crippen LogP contribution in [-0.4, -0.2) is 13.3 Å². The summed E-state index contributed by atoms with van der Waals surface area (Å²) in [6.45, 7) is 0. The molecule has 0 unspecified atom stereocenters. The van der Waals surface area contributed by atoms with Crippen molar-refractivity contribution in [1.29, 1.82) is 0 Å². The third kappa shape index (κ3) is 3.37. The molecule has 0 saturated carbocycles. The molecule has 2 rings (SSSR count). The number of hydrogen-bond donors (Lipinski definition) is 1. The normalized spacial score (nSPS) is 11.1. The molecular weight excluding hydrogens is 367 g/mol. The summed E-state index contributed by atoms with van der Waals surface area (Å²) >= 11 is 3.16. The van der Waals surface area contributed by atoms with Gasteiger partial charge in [-0.05, 0) is 30.3 Å². The van der Waals surface area contributed by atoms with E-state index in [1.807, 2.05) is 4.72 Å². The van der Waals surface area contributed by atoms with E-state index in [9.17, 15) is 22.9 Å². The second-order valence-corrected chi connectivity index (χ2v) is 6.55. The van der Waals surface area contributed by atoms with Crippen molar-refractivity contribution < 1.29 is 17.7 Å². The first-order valence-corrected chi connectivity index (χ1v) is 7.80. The van der Waals surface area contributed by atoms with E-state index >= 15 is 0 Å². The second-order valence-electron chi connectivity index (χ2n) is 3.95. The molecule has 0 aliphatic carbocycles. The minimum absolute atomic E-state index is 0.136. The third-order valence-electron chi connectivity index (χ3n) is 2.55. The van der Waals surface area contributed by atoms with Gasteiger partial charge in [0.2, 0.25) is 0 Å². The summed E-state index contributed by atoms with van der Waals surface area (Å²) in [6.07, 6.45) is 0. The zero-order valence-electron chi connectivity index (χ0n) is 10.3. The van der Waals surface area contributed by atoms with E-state index < -0.39 is 32.1 Å². The number of nitro benzene ring substituents is 1. The Morgan fingerprint density at radius 3 is 2.33 bits per heavy atom. The van der Waals surface area contributed by atoms with Crippen LogP contribution < -0.4 is 4.72 Å². The van der Waals surface area contributed by atoms with Gasteiger partial charge in [-0.25, -0.2) is 12.8 Å². The van der Waals surface area contributed by atoms with Crippen molar-refractivity contribution in [2.45, 2.75) is 4.90 Å². The van der Waals surface area contributed by atoms with Gasteiger partial charge in [-0.15, -0.1) is 0 Å². The summed E-state index contributed by atoms with van der Waals surface area (Å²) < 4.78 is 40.5. The first-order valence-electron chi connectivity index (χ1n) is 5.52. The Balaban J connectivity index is 2.46. The zero-order valence-corrected chi connectivity index (χ0v) is 12.7. The van der Waals surface area contributed by atoms with Crippen molar-refractivity contribution in [2.24, 2.45) is 0 Å². The number of nitrogens with zero attached hydrogens (tertiary/aromatic N) is 1. The average molecular weight is 375 g/mol. The fourth-order valence-electron chi connectivity index (χ4n) is 1.57. The molecule has 0 radical (unpaired) electrons. The minimum Gasteiger partial charge on any atom is -0.271 e. The standard InChI is InChI=1S/C12H8BrFN2O4S/c13-8-4-6-9(7-5-8)21(19,20)15-12-10(14)2-1-3-11(12)16(17)18/h1-7,15H. The summed E-state index contributed by atoms with van der Waals surface area (Å²) in [5, 5.41) is 10.8. The highest BCUT2D eigenvalue weighted by atomic mass is 79.9. The minimum atomic E-state index is -4.12. The van der Waals surface area contributed by atoms with E-state index in [-0.39, 0.29) is 4.90 Å². The number of hydrogen-bond acceptors (Lipinski definition) is 4. The average Bonchev–Trinajstić information content (AvgIpc) is 2.41. The lowest BCUT2D eigenvalue weighted by molar-refractivity contribution is -0.384. The molecule has 0 aliphatic rings. The Kier molecular flexibility index (Phi) is 4.24. The number of nitro groups is 1. The maximum Gasteiger partial charge on any atom is 0.296 e. The van der Waals surface area contributed by atoms with Crippen molar-refractivity contribution in [3.8, 4) is 0 Å². The van der Waals surface area contributed by atoms with Crippen LogP contribution in [0.15, 0.2) is 51.8 Å². The molecule has 0 bridgehead atoms. The molecule has 0 heterocycles. The highest BCUT2D eigenvalue weighted by molar-refractivity contribution is 9.10. The van der Waals surface area contributed by atoms with Gasteiger partial charge in [-0.2, -0.15) is 0 Å². The Labute approximate surface area is 127 Å². The molecule has 110 valence electrons. The van der Waals surface area contributed by atoms with Crippen molar-refractivity contribution >= 4 is 37.3 Å². The number of para-hydroxylation sites is 1. The van der Waals surface area contributed by atoms with Gasteiger partial charge in [-0.3, -0.25) is 14.8 Å². The van der Waals surface area contributed by atoms with Crippen LogP contribution in [0.4, 0.5) is 15.8 Å². The summed E-state index contributed by atoms with van der Waals surface area (Å²) in [6, 6.07) is 8.65. The Morgan fingerprint density at radius 2 is 1.76 bits per heavy atom. The Hall–Kier alpha value is -2.00. The lowest BCUT2D eigenvalue weighted by atomic mass is 10.2. The van der Waals surface area contributed by atoms with Crippen LogP contribution in [0.2, 0.25) is 0 Å². The molecule has 21 heavy (non-hydrogen) atoms. The van der Waals surface area contributed by atoms with Gasteiger partial charge in [0.05, 0.1) is 9.82 Å². The topological polar surface area (TPSA) is 89.3 Å². The second kappa shape index (κ2) is 5.78. The predicted molar refractivity (Wildman–Crippen MR) is 78.0 cm³/mol. The van der Waals surface area contributed by atoms with Gasteiger partial charge in [0.25, 0.3) is 15.7 Å². The van der Waals surface area contributed by atoms with Crippen molar-refractivity contribution in [2.75, 3.05) is 4.72 Å². The summed E-state index contributed by atoms with van der Waals surface area (Å²) in [4.78, 5) is 9.84. The maximum absolute atomic E-state index is 13.7. The largest absolute Gasteiger partial charge is 0.296 e. The van der Waals surface area contributed by atoms with Crippen LogP contribution in [0.3, 0.4) is 0 Å². The lowest BCUT2D eigenvalue weighted by Crippen LogP contribution is -2.15. The summed E-state index contributed by atoms with van der Waals surface area (Å²) in [7, 11) is -4.12. The first kappa shape index (κ1) is 15.4. The molecule has 9 heteroatoms. The smallest absolute Gasteiger partial charge is 0.271 e. The van der Waals surface area contributed by atoms with E-state index in [0.29, 0.717) is 4.47 Å². The molecule has 0 aromatic heterocycles. The number of benzene rings is 2. The van der Waals surface area contributed by atoms with Gasteiger partial charge in [0.15, 0.2) is 11.5 Å². The summed E-state index contributed by atoms with van der Waals surface area (Å²) in [5.74, 6) is -1.02. The lowest BCUT2D eigenvalue weighted by Gasteiger charge is -2.09. The Morgan fingerprint density at radius 1 is 1.14 bits per heavy atom. The molecule has 2 aromatic rings. The molecular formula is C12H8BrFN2O4S. The zero-order chi connectivity index (χ0) is 15.6. The number of sulfonamides is 1. The van der Waals surface area contributed by atoms with Crippen LogP contribution >= 0.6 is 15.9 Å².